The SMILES string of the molecule is CCCOCCc1ccc(N)cc1N. The molecule has 0 aliphatic heterocycles. The van der Waals surface area contributed by atoms with Crippen molar-refractivity contribution in [3.63, 3.8) is 0 Å². The number of hydrogen-bond acceptors (Lipinski definition) is 3. The van der Waals surface area contributed by atoms with Gasteiger partial charge in [-0.15, -0.1) is 0 Å². The van der Waals surface area contributed by atoms with Gasteiger partial charge in [-0.2, -0.15) is 0 Å². The van der Waals surface area contributed by atoms with E-state index in [1.54, 1.807) is 6.07 Å². The second kappa shape index (κ2) is 5.50. The molecule has 0 heterocycles. The second-order valence-electron chi connectivity index (χ2n) is 3.32. The molecule has 0 aromatic heterocycles. The summed E-state index contributed by atoms with van der Waals surface area (Å²) in [6.07, 6.45) is 1.91. The number of rotatable bonds is 5. The molecule has 14 heavy (non-hydrogen) atoms. The van der Waals surface area contributed by atoms with Crippen molar-refractivity contribution in [3.8, 4) is 0 Å². The average Bonchev–Trinajstić information content (AvgIpc) is 2.15. The predicted octanol–water partition coefficient (Wildman–Crippen LogP) is 1.82. The van der Waals surface area contributed by atoms with Crippen molar-refractivity contribution < 1.29 is 4.74 Å². The Hall–Kier alpha value is -1.22. The molecule has 0 saturated heterocycles. The van der Waals surface area contributed by atoms with E-state index in [1.807, 2.05) is 12.1 Å². The van der Waals surface area contributed by atoms with E-state index < -0.39 is 0 Å². The fourth-order valence-corrected chi connectivity index (χ4v) is 1.27. The van der Waals surface area contributed by atoms with Crippen LogP contribution >= 0.6 is 0 Å². The van der Waals surface area contributed by atoms with Crippen LogP contribution in [-0.4, -0.2) is 13.2 Å². The molecule has 0 amide bonds. The van der Waals surface area contributed by atoms with Gasteiger partial charge in [0.2, 0.25) is 0 Å². The third-order valence-corrected chi connectivity index (χ3v) is 2.03. The summed E-state index contributed by atoms with van der Waals surface area (Å²) in [5, 5.41) is 0. The summed E-state index contributed by atoms with van der Waals surface area (Å²) < 4.78 is 5.39. The third kappa shape index (κ3) is 3.26. The molecule has 0 fully saturated rings. The Labute approximate surface area is 85.0 Å². The summed E-state index contributed by atoms with van der Waals surface area (Å²) in [5.74, 6) is 0. The molecule has 0 unspecified atom stereocenters. The van der Waals surface area contributed by atoms with Gasteiger partial charge in [0.25, 0.3) is 0 Å². The first-order chi connectivity index (χ1) is 6.74. The van der Waals surface area contributed by atoms with Gasteiger partial charge in [-0.3, -0.25) is 0 Å². The largest absolute Gasteiger partial charge is 0.399 e. The predicted molar refractivity (Wildman–Crippen MR) is 60.1 cm³/mol. The van der Waals surface area contributed by atoms with E-state index in [4.69, 9.17) is 16.2 Å². The van der Waals surface area contributed by atoms with Crippen LogP contribution in [-0.2, 0) is 11.2 Å². The first-order valence-corrected chi connectivity index (χ1v) is 4.95. The zero-order chi connectivity index (χ0) is 10.4. The van der Waals surface area contributed by atoms with E-state index in [9.17, 15) is 0 Å². The van der Waals surface area contributed by atoms with Gasteiger partial charge < -0.3 is 16.2 Å². The number of anilines is 2. The molecule has 0 spiro atoms. The van der Waals surface area contributed by atoms with Crippen molar-refractivity contribution >= 4 is 11.4 Å². The molecule has 1 rings (SSSR count). The van der Waals surface area contributed by atoms with E-state index >= 15 is 0 Å². The number of nitrogen functional groups attached to an aromatic ring is 2. The van der Waals surface area contributed by atoms with Crippen molar-refractivity contribution in [2.24, 2.45) is 0 Å². The van der Waals surface area contributed by atoms with Crippen LogP contribution in [0.5, 0.6) is 0 Å². The van der Waals surface area contributed by atoms with Crippen LogP contribution in [0.1, 0.15) is 18.9 Å². The molecular formula is C11H18N2O. The summed E-state index contributed by atoms with van der Waals surface area (Å²) in [6, 6.07) is 5.61. The summed E-state index contributed by atoms with van der Waals surface area (Å²) in [5.41, 5.74) is 14.0. The standard InChI is InChI=1S/C11H18N2O/c1-2-6-14-7-5-9-3-4-10(12)8-11(9)13/h3-4,8H,2,5-7,12-13H2,1H3. The lowest BCUT2D eigenvalue weighted by molar-refractivity contribution is 0.138. The van der Waals surface area contributed by atoms with Gasteiger partial charge in [0.05, 0.1) is 6.61 Å². The highest BCUT2D eigenvalue weighted by atomic mass is 16.5. The molecule has 3 nitrogen and oxygen atoms in total. The molecule has 0 aliphatic carbocycles. The molecule has 4 N–H and O–H groups in total. The zero-order valence-electron chi connectivity index (χ0n) is 8.62. The van der Waals surface area contributed by atoms with E-state index in [0.29, 0.717) is 5.69 Å². The van der Waals surface area contributed by atoms with Crippen LogP contribution < -0.4 is 11.5 Å². The molecule has 0 saturated carbocycles. The van der Waals surface area contributed by atoms with Gasteiger partial charge in [0, 0.05) is 18.0 Å². The summed E-state index contributed by atoms with van der Waals surface area (Å²) >= 11 is 0. The molecular weight excluding hydrogens is 176 g/mol. The maximum atomic E-state index is 5.80. The summed E-state index contributed by atoms with van der Waals surface area (Å²) in [4.78, 5) is 0. The first kappa shape index (κ1) is 10.9. The minimum atomic E-state index is 0.709. The Balaban J connectivity index is 2.42. The van der Waals surface area contributed by atoms with Gasteiger partial charge >= 0.3 is 0 Å². The van der Waals surface area contributed by atoms with Crippen molar-refractivity contribution in [1.29, 1.82) is 0 Å². The Morgan fingerprint density at radius 3 is 2.64 bits per heavy atom. The monoisotopic (exact) mass is 194 g/mol. The molecule has 3 heteroatoms. The zero-order valence-corrected chi connectivity index (χ0v) is 8.62. The number of benzene rings is 1. The van der Waals surface area contributed by atoms with Crippen LogP contribution in [0.4, 0.5) is 11.4 Å². The van der Waals surface area contributed by atoms with Gasteiger partial charge in [-0.05, 0) is 30.5 Å². The van der Waals surface area contributed by atoms with Crippen LogP contribution in [0.2, 0.25) is 0 Å². The number of ether oxygens (including phenoxy) is 1. The maximum Gasteiger partial charge on any atom is 0.0507 e. The maximum absolute atomic E-state index is 5.80. The normalized spacial score (nSPS) is 10.4. The van der Waals surface area contributed by atoms with Crippen LogP contribution in [0, 0.1) is 0 Å². The van der Waals surface area contributed by atoms with Crippen molar-refractivity contribution in [2.75, 3.05) is 24.7 Å². The quantitative estimate of drug-likeness (QED) is 0.555. The molecule has 0 atom stereocenters. The number of hydrogen-bond donors (Lipinski definition) is 2. The molecule has 0 radical (unpaired) electrons. The Morgan fingerprint density at radius 2 is 2.00 bits per heavy atom. The van der Waals surface area contributed by atoms with Crippen molar-refractivity contribution in [3.05, 3.63) is 23.8 Å². The summed E-state index contributed by atoms with van der Waals surface area (Å²) in [7, 11) is 0. The fraction of sp³-hybridized carbons (Fsp3) is 0.455. The lowest BCUT2D eigenvalue weighted by Crippen LogP contribution is -2.02. The third-order valence-electron chi connectivity index (χ3n) is 2.03. The van der Waals surface area contributed by atoms with Crippen LogP contribution in [0.15, 0.2) is 18.2 Å². The molecule has 0 aliphatic rings. The molecule has 1 aromatic carbocycles. The van der Waals surface area contributed by atoms with Gasteiger partial charge in [0.15, 0.2) is 0 Å². The lowest BCUT2D eigenvalue weighted by atomic mass is 10.1. The van der Waals surface area contributed by atoms with Gasteiger partial charge in [-0.25, -0.2) is 0 Å². The second-order valence-corrected chi connectivity index (χ2v) is 3.32. The van der Waals surface area contributed by atoms with E-state index in [2.05, 4.69) is 6.92 Å². The number of nitrogens with two attached hydrogens (primary N) is 2. The van der Waals surface area contributed by atoms with E-state index in [0.717, 1.165) is 37.3 Å². The van der Waals surface area contributed by atoms with Crippen LogP contribution in [0.25, 0.3) is 0 Å². The topological polar surface area (TPSA) is 61.3 Å². The average molecular weight is 194 g/mol. The minimum Gasteiger partial charge on any atom is -0.399 e. The van der Waals surface area contributed by atoms with Gasteiger partial charge in [-0.1, -0.05) is 13.0 Å². The lowest BCUT2D eigenvalue weighted by Gasteiger charge is -2.06. The molecule has 78 valence electrons. The van der Waals surface area contributed by atoms with Crippen LogP contribution in [0.3, 0.4) is 0 Å². The Kier molecular flexibility index (Phi) is 4.26. The van der Waals surface area contributed by atoms with E-state index in [1.165, 1.54) is 0 Å². The highest BCUT2D eigenvalue weighted by Gasteiger charge is 1.99. The Bertz CT molecular complexity index is 287. The highest BCUT2D eigenvalue weighted by Crippen LogP contribution is 2.15. The smallest absolute Gasteiger partial charge is 0.0507 e. The van der Waals surface area contributed by atoms with Crippen molar-refractivity contribution in [2.45, 2.75) is 19.8 Å². The minimum absolute atomic E-state index is 0.709. The molecule has 0 bridgehead atoms. The first-order valence-electron chi connectivity index (χ1n) is 4.95. The fourth-order valence-electron chi connectivity index (χ4n) is 1.27. The summed E-state index contributed by atoms with van der Waals surface area (Å²) in [6.45, 7) is 3.63. The Morgan fingerprint density at radius 1 is 1.21 bits per heavy atom. The van der Waals surface area contributed by atoms with Gasteiger partial charge in [0.1, 0.15) is 0 Å². The highest BCUT2D eigenvalue weighted by molar-refractivity contribution is 5.56. The van der Waals surface area contributed by atoms with E-state index in [-0.39, 0.29) is 0 Å². The van der Waals surface area contributed by atoms with Crippen molar-refractivity contribution in [1.82, 2.24) is 0 Å². The molecule has 1 aromatic rings.